The highest BCUT2D eigenvalue weighted by atomic mass is 16.5. The van der Waals surface area contributed by atoms with Gasteiger partial charge >= 0.3 is 0 Å². The second kappa shape index (κ2) is 25.9. The molecule has 6 aliphatic rings. The average molecular weight is 1290 g/mol. The molecule has 0 spiro atoms. The van der Waals surface area contributed by atoms with Gasteiger partial charge in [-0.15, -0.1) is 0 Å². The largest absolute Gasteiger partial charge is 0.438 e. The van der Waals surface area contributed by atoms with Crippen LogP contribution in [0.2, 0.25) is 0 Å². The van der Waals surface area contributed by atoms with Gasteiger partial charge in [0.15, 0.2) is 17.5 Å². The van der Waals surface area contributed by atoms with Crippen molar-refractivity contribution in [3.63, 3.8) is 0 Å². The van der Waals surface area contributed by atoms with Crippen LogP contribution in [0.5, 0.6) is 0 Å². The van der Waals surface area contributed by atoms with Gasteiger partial charge in [-0.05, 0) is 163 Å². The molecular formula is C81H56N14O4. The number of allylic oxidation sites excluding steroid dienone is 6. The van der Waals surface area contributed by atoms with E-state index in [0.717, 1.165) is 86.5 Å². The second-order valence-corrected chi connectivity index (χ2v) is 25.7. The van der Waals surface area contributed by atoms with Crippen molar-refractivity contribution in [3.05, 3.63) is 258 Å². The number of para-hydroxylation sites is 2. The highest BCUT2D eigenvalue weighted by Gasteiger charge is 2.60. The zero-order chi connectivity index (χ0) is 67.1. The molecular weight excluding hydrogens is 1230 g/mol. The average Bonchev–Trinajstić information content (AvgIpc) is 1.67. The van der Waals surface area contributed by atoms with Gasteiger partial charge in [-0.1, -0.05) is 155 Å². The van der Waals surface area contributed by atoms with Crippen LogP contribution in [0, 0.1) is 109 Å². The van der Waals surface area contributed by atoms with Crippen molar-refractivity contribution in [2.75, 3.05) is 0 Å². The molecule has 12 unspecified atom stereocenters. The summed E-state index contributed by atoms with van der Waals surface area (Å²) in [5.41, 5.74) is 9.09. The van der Waals surface area contributed by atoms with Gasteiger partial charge in [-0.25, -0.2) is 4.98 Å². The summed E-state index contributed by atoms with van der Waals surface area (Å²) in [6.45, 7) is 0. The van der Waals surface area contributed by atoms with Crippen molar-refractivity contribution in [2.45, 2.75) is 55.4 Å². The van der Waals surface area contributed by atoms with Crippen LogP contribution in [0.3, 0.4) is 0 Å². The maximum atomic E-state index is 9.70. The Bertz CT molecular complexity index is 5520. The second-order valence-electron chi connectivity index (χ2n) is 25.7. The van der Waals surface area contributed by atoms with Gasteiger partial charge < -0.3 is 22.6 Å². The van der Waals surface area contributed by atoms with Gasteiger partial charge in [0.25, 0.3) is 17.7 Å². The lowest BCUT2D eigenvalue weighted by molar-refractivity contribution is 0.0172. The highest BCUT2D eigenvalue weighted by molar-refractivity contribution is 6.08. The molecule has 13 aromatic rings. The van der Waals surface area contributed by atoms with Gasteiger partial charge in [0.1, 0.15) is 58.7 Å². The lowest BCUT2D eigenvalue weighted by Gasteiger charge is -2.55. The maximum absolute atomic E-state index is 9.70. The fourth-order valence-electron chi connectivity index (χ4n) is 17.0. The quantitative estimate of drug-likeness (QED) is 0.103. The van der Waals surface area contributed by atoms with Crippen LogP contribution in [0.15, 0.2) is 253 Å². The van der Waals surface area contributed by atoms with E-state index >= 15 is 0 Å². The van der Waals surface area contributed by atoms with Crippen LogP contribution in [0.4, 0.5) is 0 Å². The molecule has 6 aliphatic carbocycles. The lowest BCUT2D eigenvalue weighted by Crippen LogP contribution is -2.49. The van der Waals surface area contributed by atoms with Crippen molar-refractivity contribution in [2.24, 2.45) is 41.4 Å². The van der Waals surface area contributed by atoms with Crippen LogP contribution in [-0.4, -0.2) is 40.0 Å². The van der Waals surface area contributed by atoms with Gasteiger partial charge in [0.2, 0.25) is 5.71 Å². The zero-order valence-corrected chi connectivity index (χ0v) is 52.9. The number of rotatable bonds is 12. The molecule has 4 bridgehead atoms. The molecule has 0 aliphatic heterocycles. The summed E-state index contributed by atoms with van der Waals surface area (Å²) in [6, 6.07) is 76.9. The van der Waals surface area contributed by atoms with Crippen molar-refractivity contribution in [1.29, 1.82) is 31.6 Å². The summed E-state index contributed by atoms with van der Waals surface area (Å²) in [6.07, 6.45) is 10.1. The smallest absolute Gasteiger partial charge is 0.257 e. The molecule has 0 amide bonds. The van der Waals surface area contributed by atoms with E-state index in [2.05, 4.69) is 64.1 Å². The third-order valence-corrected chi connectivity index (χ3v) is 20.9. The first-order valence-electron chi connectivity index (χ1n) is 32.9. The first-order chi connectivity index (χ1) is 48.8. The Labute approximate surface area is 567 Å². The van der Waals surface area contributed by atoms with Crippen molar-refractivity contribution < 1.29 is 18.0 Å². The number of aromatic nitrogens is 8. The Hall–Kier alpha value is -13.1. The zero-order valence-electron chi connectivity index (χ0n) is 52.9. The van der Waals surface area contributed by atoms with E-state index in [4.69, 9.17) is 48.4 Å². The molecule has 18 heteroatoms. The standard InChI is InChI=1S/C44H33N7O3.C37H23N7O/c1-4-14-26(15-5-1)42-45-39(48-52-42)35-31-24-25-32(36(35)40-46-43(53-49-40)27-16-6-2-7-17-27)38(37(31)41-47-44(54-50-41)28-18-8-3-9-19-28)51-33-22-12-10-20-29(33)30-21-11-13-23-34(30)51;38-16-22(17-39)11-32-28-8-9-30(33(32)12-23(18-40)19-41)36(34(28)13-24(20-42)21-43)27-4-1-3-25(14-27)26-6-7-29-31-5-2-10-44-37(31)45-35(29)15-26/h1-23,31-32,35-38H,24-25H2;1-7,10-15,28,30,32-34,36H,8-9H2. The normalized spacial score (nSPS) is 22.5. The molecule has 6 aromatic heterocycles. The number of furan rings is 1. The van der Waals surface area contributed by atoms with Crippen molar-refractivity contribution in [3.8, 4) is 81.9 Å². The predicted octanol–water partition coefficient (Wildman–Crippen LogP) is 17.4. The number of pyridine rings is 1. The monoisotopic (exact) mass is 1290 g/mol. The van der Waals surface area contributed by atoms with Crippen LogP contribution >= 0.6 is 0 Å². The Morgan fingerprint density at radius 2 is 0.828 bits per heavy atom. The Balaban J connectivity index is 0.000000157. The van der Waals surface area contributed by atoms with E-state index < -0.39 is 0 Å². The van der Waals surface area contributed by atoms with Crippen LogP contribution in [-0.2, 0) is 0 Å². The van der Waals surface area contributed by atoms with E-state index in [-0.39, 0.29) is 87.9 Å². The fourth-order valence-corrected chi connectivity index (χ4v) is 17.0. The molecule has 474 valence electrons. The topological polar surface area (TPSA) is 290 Å². The Kier molecular flexibility index (Phi) is 15.9. The summed E-state index contributed by atoms with van der Waals surface area (Å²) < 4.78 is 26.7. The molecule has 0 radical (unpaired) electrons. The third kappa shape index (κ3) is 10.8. The number of nitrogens with zero attached hydrogens (tertiary/aromatic N) is 14. The first kappa shape index (κ1) is 60.8. The van der Waals surface area contributed by atoms with Gasteiger partial charge in [-0.2, -0.15) is 46.5 Å². The van der Waals surface area contributed by atoms with Crippen molar-refractivity contribution >= 4 is 43.9 Å². The Morgan fingerprint density at radius 1 is 0.384 bits per heavy atom. The van der Waals surface area contributed by atoms with Crippen LogP contribution in [0.1, 0.15) is 78.4 Å². The molecule has 18 nitrogen and oxygen atoms in total. The van der Waals surface area contributed by atoms with E-state index in [1.807, 2.05) is 176 Å². The molecule has 6 fully saturated rings. The molecule has 0 N–H and O–H groups in total. The minimum atomic E-state index is -0.335. The minimum absolute atomic E-state index is 0.00278. The number of nitriles is 6. The SMILES string of the molecule is N#CC(C#N)=CC1C(C=C(C#N)C#N)C2CCC1C(C=C(C#N)C#N)C2c1cccc(-c2ccc3c(c2)oc2ncccc23)c1.c1ccc(-c2nc(C3C4CCC(C3c3noc(-c5ccccc5)n3)C(n3c5ccccc5c5ccccc53)C4c3noc(-c4ccccc4)n3)no2)cc1. The molecule has 6 saturated carbocycles. The number of fused-ring (bicyclic) bond motifs is 12. The van der Waals surface area contributed by atoms with Gasteiger partial charge in [-0.3, -0.25) is 0 Å². The predicted molar refractivity (Wildman–Crippen MR) is 366 cm³/mol. The molecule has 12 atom stereocenters. The van der Waals surface area contributed by atoms with E-state index in [9.17, 15) is 31.6 Å². The first-order valence-corrected chi connectivity index (χ1v) is 32.9. The number of hydrogen-bond donors (Lipinski definition) is 0. The number of benzene rings is 7. The molecule has 99 heavy (non-hydrogen) atoms. The summed E-state index contributed by atoms with van der Waals surface area (Å²) in [7, 11) is 0. The summed E-state index contributed by atoms with van der Waals surface area (Å²) in [4.78, 5) is 19.7. The summed E-state index contributed by atoms with van der Waals surface area (Å²) >= 11 is 0. The Morgan fingerprint density at radius 3 is 1.38 bits per heavy atom. The summed E-state index contributed by atoms with van der Waals surface area (Å²) in [5.74, 6) is 1.52. The van der Waals surface area contributed by atoms with Gasteiger partial charge in [0.05, 0.1) is 0 Å². The van der Waals surface area contributed by atoms with Gasteiger partial charge in [0, 0.05) is 79.3 Å². The maximum Gasteiger partial charge on any atom is 0.257 e. The lowest BCUT2D eigenvalue weighted by atomic mass is 9.48. The number of hydrogen-bond acceptors (Lipinski definition) is 17. The minimum Gasteiger partial charge on any atom is -0.438 e. The highest BCUT2D eigenvalue weighted by Crippen LogP contribution is 2.66. The van der Waals surface area contributed by atoms with E-state index in [1.54, 1.807) is 24.4 Å². The van der Waals surface area contributed by atoms with Crippen LogP contribution < -0.4 is 0 Å². The molecule has 0 saturated heterocycles. The fraction of sp³-hybridized carbons (Fsp3) is 0.198. The molecule has 19 rings (SSSR count). The van der Waals surface area contributed by atoms with E-state index in [0.29, 0.717) is 40.9 Å². The molecule has 6 heterocycles. The van der Waals surface area contributed by atoms with Crippen LogP contribution in [0.25, 0.3) is 89.4 Å². The van der Waals surface area contributed by atoms with E-state index in [1.165, 1.54) is 10.8 Å². The third-order valence-electron chi connectivity index (χ3n) is 20.9. The van der Waals surface area contributed by atoms with Crippen molar-refractivity contribution in [1.82, 2.24) is 40.0 Å². The summed E-state index contributed by atoms with van der Waals surface area (Å²) in [5, 5.41) is 76.4. The molecule has 7 aromatic carbocycles.